The number of carbonyl (C=O) groups excluding carboxylic acids is 2. The SMILES string of the molecule is COc1cccc(/C=N/NC(=O)CCC(=O)Nc2ccccc2C)c1O. The Bertz CT molecular complexity index is 818. The third-order valence-electron chi connectivity index (χ3n) is 3.64. The molecule has 2 aromatic rings. The Labute approximate surface area is 151 Å². The molecule has 0 spiro atoms. The maximum atomic E-state index is 11.9. The van der Waals surface area contributed by atoms with Gasteiger partial charge in [0, 0.05) is 24.1 Å². The third kappa shape index (κ3) is 5.34. The number of nitrogens with zero attached hydrogens (tertiary/aromatic N) is 1. The van der Waals surface area contributed by atoms with E-state index in [1.54, 1.807) is 24.3 Å². The summed E-state index contributed by atoms with van der Waals surface area (Å²) in [4.78, 5) is 23.7. The van der Waals surface area contributed by atoms with Crippen molar-refractivity contribution >= 4 is 23.7 Å². The van der Waals surface area contributed by atoms with Gasteiger partial charge in [-0.2, -0.15) is 5.10 Å². The van der Waals surface area contributed by atoms with E-state index in [1.165, 1.54) is 13.3 Å². The van der Waals surface area contributed by atoms with E-state index in [2.05, 4.69) is 15.8 Å². The van der Waals surface area contributed by atoms with Crippen LogP contribution in [0.25, 0.3) is 0 Å². The number of phenolic OH excluding ortho intramolecular Hbond substituents is 1. The summed E-state index contributed by atoms with van der Waals surface area (Å²) in [5, 5.41) is 16.5. The van der Waals surface area contributed by atoms with Crippen LogP contribution in [0.4, 0.5) is 5.69 Å². The van der Waals surface area contributed by atoms with E-state index in [4.69, 9.17) is 4.74 Å². The number of carbonyl (C=O) groups is 2. The van der Waals surface area contributed by atoms with E-state index in [-0.39, 0.29) is 24.5 Å². The number of hydrogen-bond donors (Lipinski definition) is 3. The van der Waals surface area contributed by atoms with Crippen LogP contribution in [0.3, 0.4) is 0 Å². The first-order valence-electron chi connectivity index (χ1n) is 8.04. The number of rotatable bonds is 7. The first-order chi connectivity index (χ1) is 12.5. The fraction of sp³-hybridized carbons (Fsp3) is 0.211. The molecular formula is C19H21N3O4. The van der Waals surface area contributed by atoms with Crippen molar-refractivity contribution in [2.45, 2.75) is 19.8 Å². The minimum atomic E-state index is -0.399. The van der Waals surface area contributed by atoms with Crippen LogP contribution in [-0.4, -0.2) is 30.2 Å². The van der Waals surface area contributed by atoms with Gasteiger partial charge in [-0.1, -0.05) is 24.3 Å². The van der Waals surface area contributed by atoms with Crippen LogP contribution < -0.4 is 15.5 Å². The van der Waals surface area contributed by atoms with E-state index in [9.17, 15) is 14.7 Å². The molecule has 136 valence electrons. The third-order valence-corrected chi connectivity index (χ3v) is 3.64. The van der Waals surface area contributed by atoms with Gasteiger partial charge in [0.05, 0.1) is 13.3 Å². The van der Waals surface area contributed by atoms with Gasteiger partial charge in [0.15, 0.2) is 11.5 Å². The summed E-state index contributed by atoms with van der Waals surface area (Å²) in [5.41, 5.74) is 4.41. The van der Waals surface area contributed by atoms with Gasteiger partial charge < -0.3 is 15.2 Å². The lowest BCUT2D eigenvalue weighted by atomic mass is 10.2. The standard InChI is InChI=1S/C19H21N3O4/c1-13-6-3-4-8-15(13)21-17(23)10-11-18(24)22-20-12-14-7-5-9-16(26-2)19(14)25/h3-9,12,25H,10-11H2,1-2H3,(H,21,23)(H,22,24)/b20-12+. The lowest BCUT2D eigenvalue weighted by Gasteiger charge is -2.07. The van der Waals surface area contributed by atoms with Crippen LogP contribution in [0, 0.1) is 6.92 Å². The van der Waals surface area contributed by atoms with Gasteiger partial charge >= 0.3 is 0 Å². The smallest absolute Gasteiger partial charge is 0.240 e. The van der Waals surface area contributed by atoms with Crippen LogP contribution in [-0.2, 0) is 9.59 Å². The number of hydrogen-bond acceptors (Lipinski definition) is 5. The van der Waals surface area contributed by atoms with Gasteiger partial charge in [-0.3, -0.25) is 9.59 Å². The van der Waals surface area contributed by atoms with Crippen molar-refractivity contribution in [3.8, 4) is 11.5 Å². The molecule has 0 saturated carbocycles. The molecule has 0 unspecified atom stereocenters. The number of hydrazone groups is 1. The topological polar surface area (TPSA) is 100 Å². The molecule has 2 rings (SSSR count). The highest BCUT2D eigenvalue weighted by Crippen LogP contribution is 2.27. The summed E-state index contributed by atoms with van der Waals surface area (Å²) in [6.07, 6.45) is 1.35. The van der Waals surface area contributed by atoms with Gasteiger partial charge in [-0.15, -0.1) is 0 Å². The molecule has 0 bridgehead atoms. The molecular weight excluding hydrogens is 334 g/mol. The van der Waals surface area contributed by atoms with Crippen LogP contribution in [0.15, 0.2) is 47.6 Å². The van der Waals surface area contributed by atoms with Gasteiger partial charge in [-0.25, -0.2) is 5.43 Å². The molecule has 0 fully saturated rings. The number of nitrogens with one attached hydrogen (secondary N) is 2. The predicted octanol–water partition coefficient (Wildman–Crippen LogP) is 2.58. The largest absolute Gasteiger partial charge is 0.504 e. The highest BCUT2D eigenvalue weighted by molar-refractivity contribution is 5.94. The zero-order chi connectivity index (χ0) is 18.9. The van der Waals surface area contributed by atoms with Crippen LogP contribution in [0.5, 0.6) is 11.5 Å². The van der Waals surface area contributed by atoms with Crippen molar-refractivity contribution in [2.75, 3.05) is 12.4 Å². The number of anilines is 1. The summed E-state index contributed by atoms with van der Waals surface area (Å²) in [7, 11) is 1.44. The Morgan fingerprint density at radius 2 is 1.85 bits per heavy atom. The Balaban J connectivity index is 1.80. The molecule has 7 heteroatoms. The molecule has 0 saturated heterocycles. The number of aromatic hydroxyl groups is 1. The van der Waals surface area contributed by atoms with Crippen LogP contribution >= 0.6 is 0 Å². The molecule has 2 aromatic carbocycles. The van der Waals surface area contributed by atoms with Crippen molar-refractivity contribution in [3.63, 3.8) is 0 Å². The van der Waals surface area contributed by atoms with Gasteiger partial charge in [0.2, 0.25) is 11.8 Å². The normalized spacial score (nSPS) is 10.5. The second kappa shape index (κ2) is 9.22. The summed E-state index contributed by atoms with van der Waals surface area (Å²) in [6, 6.07) is 12.3. The predicted molar refractivity (Wildman–Crippen MR) is 99.4 cm³/mol. The van der Waals surface area contributed by atoms with E-state index in [1.807, 2.05) is 25.1 Å². The quantitative estimate of drug-likeness (QED) is 0.525. The first kappa shape index (κ1) is 19.0. The maximum Gasteiger partial charge on any atom is 0.240 e. The van der Waals surface area contributed by atoms with Gasteiger partial charge in [-0.05, 0) is 30.7 Å². The molecule has 26 heavy (non-hydrogen) atoms. The van der Waals surface area contributed by atoms with Crippen molar-refractivity contribution in [1.82, 2.24) is 5.43 Å². The van der Waals surface area contributed by atoms with Crippen LogP contribution in [0.1, 0.15) is 24.0 Å². The maximum absolute atomic E-state index is 11.9. The average Bonchev–Trinajstić information content (AvgIpc) is 2.63. The van der Waals surface area contributed by atoms with Crippen LogP contribution in [0.2, 0.25) is 0 Å². The van der Waals surface area contributed by atoms with E-state index in [0.717, 1.165) is 11.3 Å². The second-order valence-electron chi connectivity index (χ2n) is 5.55. The zero-order valence-corrected chi connectivity index (χ0v) is 14.7. The Morgan fingerprint density at radius 3 is 2.58 bits per heavy atom. The van der Waals surface area contributed by atoms with Crippen molar-refractivity contribution in [1.29, 1.82) is 0 Å². The Kier molecular flexibility index (Phi) is 6.73. The highest BCUT2D eigenvalue weighted by atomic mass is 16.5. The summed E-state index contributed by atoms with van der Waals surface area (Å²) < 4.78 is 4.99. The molecule has 0 heterocycles. The first-order valence-corrected chi connectivity index (χ1v) is 8.04. The summed E-state index contributed by atoms with van der Waals surface area (Å²) in [5.74, 6) is -0.397. The number of amides is 2. The minimum absolute atomic E-state index is 0.000846. The lowest BCUT2D eigenvalue weighted by molar-refractivity contribution is -0.124. The Hall–Kier alpha value is -3.35. The van der Waals surface area contributed by atoms with Crippen molar-refractivity contribution in [2.24, 2.45) is 5.10 Å². The number of aryl methyl sites for hydroxylation is 1. The van der Waals surface area contributed by atoms with Crippen molar-refractivity contribution in [3.05, 3.63) is 53.6 Å². The molecule has 3 N–H and O–H groups in total. The lowest BCUT2D eigenvalue weighted by Crippen LogP contribution is -2.20. The molecule has 0 radical (unpaired) electrons. The molecule has 7 nitrogen and oxygen atoms in total. The molecule has 2 amide bonds. The Morgan fingerprint density at radius 1 is 1.12 bits per heavy atom. The minimum Gasteiger partial charge on any atom is -0.504 e. The number of para-hydroxylation sites is 2. The van der Waals surface area contributed by atoms with E-state index < -0.39 is 5.91 Å². The number of methoxy groups -OCH3 is 1. The second-order valence-corrected chi connectivity index (χ2v) is 5.55. The van der Waals surface area contributed by atoms with Gasteiger partial charge in [0.25, 0.3) is 0 Å². The van der Waals surface area contributed by atoms with Gasteiger partial charge in [0.1, 0.15) is 0 Å². The van der Waals surface area contributed by atoms with Crippen molar-refractivity contribution < 1.29 is 19.4 Å². The fourth-order valence-electron chi connectivity index (χ4n) is 2.19. The zero-order valence-electron chi connectivity index (χ0n) is 14.7. The number of ether oxygens (including phenoxy) is 1. The molecule has 0 aromatic heterocycles. The van der Waals surface area contributed by atoms with E-state index in [0.29, 0.717) is 11.3 Å². The number of benzene rings is 2. The average molecular weight is 355 g/mol. The molecule has 0 aliphatic heterocycles. The monoisotopic (exact) mass is 355 g/mol. The number of phenols is 1. The van der Waals surface area contributed by atoms with E-state index >= 15 is 0 Å². The highest BCUT2D eigenvalue weighted by Gasteiger charge is 2.08. The molecule has 0 atom stereocenters. The summed E-state index contributed by atoms with van der Waals surface area (Å²) >= 11 is 0. The molecule has 0 aliphatic rings. The summed E-state index contributed by atoms with van der Waals surface area (Å²) in [6.45, 7) is 1.89. The fourth-order valence-corrected chi connectivity index (χ4v) is 2.19. The molecule has 0 aliphatic carbocycles.